The predicted molar refractivity (Wildman–Crippen MR) is 68.2 cm³/mol. The molecule has 0 aliphatic carbocycles. The quantitative estimate of drug-likeness (QED) is 0.106. The van der Waals surface area contributed by atoms with Gasteiger partial charge >= 0.3 is 61.8 Å². The van der Waals surface area contributed by atoms with Gasteiger partial charge in [-0.1, -0.05) is 16.9 Å². The average molecular weight is 373 g/mol. The molecule has 0 aromatic carbocycles. The second-order valence-electron chi connectivity index (χ2n) is 3.93. The Morgan fingerprint density at radius 3 is 2.38 bits per heavy atom. The molecular weight excluding hydrogens is 357 g/mol. The van der Waals surface area contributed by atoms with Gasteiger partial charge in [0.05, 0.1) is 6.61 Å². The van der Waals surface area contributed by atoms with E-state index < -0.39 is 46.9 Å². The molecule has 1 heterocycles. The second-order valence-corrected chi connectivity index (χ2v) is 6.22. The zero-order valence-corrected chi connectivity index (χ0v) is 16.0. The van der Waals surface area contributed by atoms with Crippen LogP contribution in [0.2, 0.25) is 0 Å². The normalized spacial score (nSPS) is 34.2. The summed E-state index contributed by atoms with van der Waals surface area (Å²) in [5.41, 5.74) is -1.11. The molecule has 1 aliphatic rings. The van der Waals surface area contributed by atoms with E-state index in [1.165, 1.54) is 6.92 Å². The van der Waals surface area contributed by atoms with Gasteiger partial charge in [0.2, 0.25) is 0 Å². The largest absolute Gasteiger partial charge is 1.00 e. The van der Waals surface area contributed by atoms with Gasteiger partial charge in [0, 0.05) is 0 Å². The number of nitrogens with zero attached hydrogens (tertiary/aromatic N) is 1. The van der Waals surface area contributed by atoms with Crippen LogP contribution in [0.3, 0.4) is 0 Å². The van der Waals surface area contributed by atoms with Gasteiger partial charge in [0.25, 0.3) is 0 Å². The molecule has 13 heteroatoms. The molecule has 5 atom stereocenters. The summed E-state index contributed by atoms with van der Waals surface area (Å²) in [4.78, 5) is 0. The minimum Gasteiger partial charge on any atom is -1.00 e. The summed E-state index contributed by atoms with van der Waals surface area (Å²) in [6, 6.07) is 0. The van der Waals surface area contributed by atoms with Gasteiger partial charge in [-0.25, -0.2) is 4.28 Å². The zero-order valence-electron chi connectivity index (χ0n) is 12.2. The molecule has 0 spiro atoms. The van der Waals surface area contributed by atoms with Crippen LogP contribution in [-0.2, 0) is 19.4 Å². The molecule has 0 bridgehead atoms. The molecule has 120 valence electrons. The fourth-order valence-corrected chi connectivity index (χ4v) is 2.62. The summed E-state index contributed by atoms with van der Waals surface area (Å²) < 4.78 is 37.9. The fraction of sp³-hybridized carbons (Fsp3) is 0.875. The molecule has 1 rings (SSSR count). The summed E-state index contributed by atoms with van der Waals surface area (Å²) in [5.74, 6) is 0. The van der Waals surface area contributed by atoms with Crippen LogP contribution in [-0.4, -0.2) is 74.9 Å². The Morgan fingerprint density at radius 1 is 1.33 bits per heavy atom. The fourth-order valence-electron chi connectivity index (χ4n) is 1.45. The Kier molecular flexibility index (Phi) is 9.98. The minimum atomic E-state index is -4.74. The van der Waals surface area contributed by atoms with Gasteiger partial charge in [0.1, 0.15) is 34.9 Å². The molecule has 1 aliphatic heterocycles. The molecule has 0 unspecified atom stereocenters. The Morgan fingerprint density at radius 2 is 1.90 bits per heavy atom. The Balaban J connectivity index is 0. The monoisotopic (exact) mass is 373 g/mol. The second kappa shape index (κ2) is 9.46. The first-order valence-corrected chi connectivity index (χ1v) is 7.58. The van der Waals surface area contributed by atoms with Gasteiger partial charge in [-0.05, 0) is 6.92 Å². The van der Waals surface area contributed by atoms with Crippen LogP contribution in [0, 0.1) is 0 Å². The predicted octanol–water partition coefficient (Wildman–Crippen LogP) is -5.21. The zero-order chi connectivity index (χ0) is 15.5. The molecule has 0 aromatic rings. The van der Waals surface area contributed by atoms with E-state index in [2.05, 4.69) is 9.44 Å². The van der Waals surface area contributed by atoms with Gasteiger partial charge in [-0.3, -0.25) is 4.55 Å². The molecule has 10 nitrogen and oxygen atoms in total. The molecule has 0 saturated carbocycles. The number of aliphatic hydroxyl groups excluding tert-OH is 4. The van der Waals surface area contributed by atoms with Gasteiger partial charge < -0.3 is 26.6 Å². The SMILES string of the molecule is CC(=NOS(=O)(=O)O)S[C@@H]1O[C@H](CO)[C@@H](O)[C@H](O)[C@H]1O.[H-].[K+]. The van der Waals surface area contributed by atoms with E-state index in [1.54, 1.807) is 0 Å². The summed E-state index contributed by atoms with van der Waals surface area (Å²) in [6.07, 6.45) is -5.61. The molecule has 1 saturated heterocycles. The maximum atomic E-state index is 10.3. The van der Waals surface area contributed by atoms with Crippen LogP contribution in [0.5, 0.6) is 0 Å². The number of aliphatic hydroxyl groups is 4. The molecule has 1 fully saturated rings. The maximum Gasteiger partial charge on any atom is 1.00 e. The van der Waals surface area contributed by atoms with Crippen molar-refractivity contribution in [2.75, 3.05) is 6.61 Å². The third-order valence-electron chi connectivity index (χ3n) is 2.40. The third-order valence-corrected chi connectivity index (χ3v) is 3.70. The standard InChI is InChI=1S/C8H15NO9S2.K.H/c1-3(9-18-20(14,15)16)19-8-7(13)6(12)5(11)4(2-10)17-8;;/h4-8,10-13H,2H2,1H3,(H,14,15,16);;/q;+1;-1/t4-,5-,6+,7-,8+;;/m1../s1. The van der Waals surface area contributed by atoms with E-state index >= 15 is 0 Å². The minimum absolute atomic E-state index is 0. The first kappa shape index (κ1) is 22.2. The third kappa shape index (κ3) is 7.07. The smallest absolute Gasteiger partial charge is 1.00 e. The first-order valence-electron chi connectivity index (χ1n) is 5.33. The van der Waals surface area contributed by atoms with E-state index in [0.29, 0.717) is 11.8 Å². The van der Waals surface area contributed by atoms with Crippen molar-refractivity contribution in [3.05, 3.63) is 0 Å². The number of thioether (sulfide) groups is 1. The number of rotatable bonds is 4. The van der Waals surface area contributed by atoms with Crippen molar-refractivity contribution in [3.63, 3.8) is 0 Å². The van der Waals surface area contributed by atoms with Gasteiger partial charge in [0.15, 0.2) is 0 Å². The van der Waals surface area contributed by atoms with Crippen LogP contribution in [0.1, 0.15) is 8.35 Å². The van der Waals surface area contributed by atoms with E-state index in [-0.39, 0.29) is 57.9 Å². The van der Waals surface area contributed by atoms with Crippen LogP contribution < -0.4 is 51.4 Å². The van der Waals surface area contributed by atoms with Crippen molar-refractivity contribution in [1.29, 1.82) is 0 Å². The summed E-state index contributed by atoms with van der Waals surface area (Å²) in [7, 11) is -4.74. The summed E-state index contributed by atoms with van der Waals surface area (Å²) >= 11 is 0.689. The molecular formula is C8H16KNO9S2. The summed E-state index contributed by atoms with van der Waals surface area (Å²) in [6.45, 7) is 0.719. The van der Waals surface area contributed by atoms with E-state index in [4.69, 9.17) is 14.4 Å². The topological polar surface area (TPSA) is 166 Å². The molecule has 0 amide bonds. The van der Waals surface area contributed by atoms with Crippen LogP contribution >= 0.6 is 11.8 Å². The van der Waals surface area contributed by atoms with Crippen molar-refractivity contribution >= 4 is 27.2 Å². The molecule has 5 N–H and O–H groups in total. The van der Waals surface area contributed by atoms with E-state index in [0.717, 1.165) is 0 Å². The Bertz CT molecular complexity index is 463. The molecule has 0 radical (unpaired) electrons. The maximum absolute atomic E-state index is 10.3. The van der Waals surface area contributed by atoms with E-state index in [9.17, 15) is 23.7 Å². The van der Waals surface area contributed by atoms with E-state index in [1.807, 2.05) is 0 Å². The average Bonchev–Trinajstić information content (AvgIpc) is 2.36. The van der Waals surface area contributed by atoms with Crippen molar-refractivity contribution in [3.8, 4) is 0 Å². The van der Waals surface area contributed by atoms with Crippen LogP contribution in [0.4, 0.5) is 0 Å². The number of oxime groups is 1. The first-order chi connectivity index (χ1) is 9.15. The van der Waals surface area contributed by atoms with Gasteiger partial charge in [-0.15, -0.1) is 0 Å². The number of hydrogen-bond donors (Lipinski definition) is 5. The van der Waals surface area contributed by atoms with Crippen LogP contribution in [0.15, 0.2) is 5.16 Å². The van der Waals surface area contributed by atoms with Gasteiger partial charge in [-0.2, -0.15) is 8.42 Å². The summed E-state index contributed by atoms with van der Waals surface area (Å²) in [5, 5.41) is 40.8. The molecule has 0 aromatic heterocycles. The van der Waals surface area contributed by atoms with Crippen molar-refractivity contribution in [2.24, 2.45) is 5.16 Å². The number of hydrogen-bond acceptors (Lipinski definition) is 10. The Hall–Kier alpha value is 1.17. The molecule has 21 heavy (non-hydrogen) atoms. The van der Waals surface area contributed by atoms with Crippen molar-refractivity contribution in [2.45, 2.75) is 36.8 Å². The van der Waals surface area contributed by atoms with Crippen molar-refractivity contribution in [1.82, 2.24) is 0 Å². The number of ether oxygens (including phenoxy) is 1. The van der Waals surface area contributed by atoms with Crippen LogP contribution in [0.25, 0.3) is 0 Å². The Labute approximate surface area is 169 Å². The van der Waals surface area contributed by atoms with Crippen molar-refractivity contribution < 1.29 is 95.2 Å².